The van der Waals surface area contributed by atoms with E-state index in [1.807, 2.05) is 30.1 Å². The van der Waals surface area contributed by atoms with E-state index < -0.39 is 0 Å². The molecule has 0 bridgehead atoms. The van der Waals surface area contributed by atoms with Crippen molar-refractivity contribution in [2.24, 2.45) is 5.92 Å². The number of rotatable bonds is 4. The third-order valence-corrected chi connectivity index (χ3v) is 4.07. The number of anilines is 1. The molecular weight excluding hydrogens is 250 g/mol. The van der Waals surface area contributed by atoms with Crippen molar-refractivity contribution in [2.45, 2.75) is 32.6 Å². The van der Waals surface area contributed by atoms with Gasteiger partial charge in [-0.1, -0.05) is 0 Å². The van der Waals surface area contributed by atoms with Gasteiger partial charge in [-0.25, -0.2) is 4.98 Å². The van der Waals surface area contributed by atoms with Gasteiger partial charge in [0.2, 0.25) is 5.91 Å². The van der Waals surface area contributed by atoms with E-state index in [0.29, 0.717) is 5.92 Å². The third-order valence-electron chi connectivity index (χ3n) is 4.07. The molecule has 1 saturated heterocycles. The first-order valence-electron chi connectivity index (χ1n) is 7.44. The van der Waals surface area contributed by atoms with Crippen molar-refractivity contribution < 1.29 is 4.79 Å². The number of carbonyl (C=O) groups excluding carboxylic acids is 1. The lowest BCUT2D eigenvalue weighted by Crippen LogP contribution is -2.38. The van der Waals surface area contributed by atoms with Crippen molar-refractivity contribution in [3.05, 3.63) is 23.9 Å². The summed E-state index contributed by atoms with van der Waals surface area (Å²) in [7, 11) is 4.02. The number of hydrogen-bond donors (Lipinski definition) is 0. The van der Waals surface area contributed by atoms with Gasteiger partial charge in [-0.05, 0) is 49.3 Å². The highest BCUT2D eigenvalue weighted by atomic mass is 16.2. The van der Waals surface area contributed by atoms with Crippen molar-refractivity contribution in [3.63, 3.8) is 0 Å². The van der Waals surface area contributed by atoms with E-state index in [9.17, 15) is 4.79 Å². The normalized spacial score (nSPS) is 18.9. The number of pyridine rings is 1. The van der Waals surface area contributed by atoms with Crippen LogP contribution >= 0.6 is 0 Å². The first kappa shape index (κ1) is 14.8. The Labute approximate surface area is 121 Å². The number of aryl methyl sites for hydroxylation is 1. The summed E-state index contributed by atoms with van der Waals surface area (Å²) < 4.78 is 0. The fourth-order valence-electron chi connectivity index (χ4n) is 2.82. The van der Waals surface area contributed by atoms with Gasteiger partial charge in [-0.2, -0.15) is 0 Å². The molecule has 110 valence electrons. The highest BCUT2D eigenvalue weighted by Gasteiger charge is 2.21. The van der Waals surface area contributed by atoms with E-state index in [1.54, 1.807) is 6.92 Å². The largest absolute Gasteiger partial charge is 0.363 e. The van der Waals surface area contributed by atoms with Crippen molar-refractivity contribution in [3.8, 4) is 0 Å². The molecule has 0 unspecified atom stereocenters. The molecule has 0 spiro atoms. The van der Waals surface area contributed by atoms with E-state index in [-0.39, 0.29) is 5.91 Å². The zero-order valence-corrected chi connectivity index (χ0v) is 12.8. The van der Waals surface area contributed by atoms with E-state index >= 15 is 0 Å². The van der Waals surface area contributed by atoms with Gasteiger partial charge in [-0.15, -0.1) is 0 Å². The number of carbonyl (C=O) groups is 1. The van der Waals surface area contributed by atoms with Gasteiger partial charge in [0, 0.05) is 40.3 Å². The molecule has 2 heterocycles. The summed E-state index contributed by atoms with van der Waals surface area (Å²) in [5, 5.41) is 0. The summed E-state index contributed by atoms with van der Waals surface area (Å²) in [4.78, 5) is 19.8. The fraction of sp³-hybridized carbons (Fsp3) is 0.625. The quantitative estimate of drug-likeness (QED) is 0.846. The number of piperidine rings is 1. The zero-order valence-electron chi connectivity index (χ0n) is 12.8. The molecule has 1 fully saturated rings. The average molecular weight is 275 g/mol. The second-order valence-electron chi connectivity index (χ2n) is 5.93. The van der Waals surface area contributed by atoms with E-state index in [1.165, 1.54) is 12.0 Å². The molecule has 20 heavy (non-hydrogen) atoms. The van der Waals surface area contributed by atoms with Gasteiger partial charge < -0.3 is 9.80 Å². The summed E-state index contributed by atoms with van der Waals surface area (Å²) in [5.74, 6) is 1.87. The molecule has 0 aliphatic carbocycles. The summed E-state index contributed by atoms with van der Waals surface area (Å²) in [6, 6.07) is 4.25. The Bertz CT molecular complexity index is 459. The van der Waals surface area contributed by atoms with Gasteiger partial charge in [-0.3, -0.25) is 4.79 Å². The lowest BCUT2D eigenvalue weighted by molar-refractivity contribution is -0.130. The predicted molar refractivity (Wildman–Crippen MR) is 81.9 cm³/mol. The first-order chi connectivity index (χ1) is 9.56. The van der Waals surface area contributed by atoms with Crippen LogP contribution in [0.2, 0.25) is 0 Å². The Kier molecular flexibility index (Phi) is 4.99. The molecule has 0 aromatic carbocycles. The van der Waals surface area contributed by atoms with Gasteiger partial charge in [0.1, 0.15) is 5.82 Å². The van der Waals surface area contributed by atoms with Crippen LogP contribution in [0.25, 0.3) is 0 Å². The predicted octanol–water partition coefficient (Wildman–Crippen LogP) is 2.34. The van der Waals surface area contributed by atoms with Gasteiger partial charge in [0.05, 0.1) is 0 Å². The van der Waals surface area contributed by atoms with Crippen LogP contribution in [-0.2, 0) is 11.2 Å². The van der Waals surface area contributed by atoms with Crippen molar-refractivity contribution in [1.82, 2.24) is 9.88 Å². The summed E-state index contributed by atoms with van der Waals surface area (Å²) >= 11 is 0. The monoisotopic (exact) mass is 275 g/mol. The van der Waals surface area contributed by atoms with E-state index in [4.69, 9.17) is 0 Å². The average Bonchev–Trinajstić information content (AvgIpc) is 2.45. The topological polar surface area (TPSA) is 36.4 Å². The molecule has 1 amide bonds. The highest BCUT2D eigenvalue weighted by Crippen LogP contribution is 2.22. The number of aromatic nitrogens is 1. The smallest absolute Gasteiger partial charge is 0.219 e. The van der Waals surface area contributed by atoms with Crippen LogP contribution in [0, 0.1) is 5.92 Å². The van der Waals surface area contributed by atoms with Crippen LogP contribution in [-0.4, -0.2) is 43.0 Å². The Morgan fingerprint density at radius 2 is 2.30 bits per heavy atom. The second kappa shape index (κ2) is 6.73. The van der Waals surface area contributed by atoms with Crippen LogP contribution < -0.4 is 4.90 Å². The third kappa shape index (κ3) is 3.95. The van der Waals surface area contributed by atoms with Crippen LogP contribution in [0.5, 0.6) is 0 Å². The van der Waals surface area contributed by atoms with Gasteiger partial charge >= 0.3 is 0 Å². The van der Waals surface area contributed by atoms with Crippen LogP contribution in [0.1, 0.15) is 31.7 Å². The summed E-state index contributed by atoms with van der Waals surface area (Å²) in [6.07, 6.45) is 6.49. The number of hydrogen-bond acceptors (Lipinski definition) is 3. The van der Waals surface area contributed by atoms with E-state index in [0.717, 1.165) is 38.2 Å². The maximum Gasteiger partial charge on any atom is 0.219 e. The lowest BCUT2D eigenvalue weighted by atomic mass is 9.92. The Balaban J connectivity index is 1.88. The summed E-state index contributed by atoms with van der Waals surface area (Å²) in [6.45, 7) is 3.54. The molecule has 2 rings (SSSR count). The minimum absolute atomic E-state index is 0.216. The fourth-order valence-corrected chi connectivity index (χ4v) is 2.82. The van der Waals surface area contributed by atoms with Crippen LogP contribution in [0.15, 0.2) is 18.3 Å². The molecule has 0 saturated carbocycles. The van der Waals surface area contributed by atoms with Crippen molar-refractivity contribution in [2.75, 3.05) is 32.1 Å². The molecule has 1 aromatic rings. The SMILES string of the molecule is CC(=O)N1CCC[C@@H](CCc2ccnc(N(C)C)c2)C1. The Hall–Kier alpha value is -1.58. The van der Waals surface area contributed by atoms with Gasteiger partial charge in [0.25, 0.3) is 0 Å². The lowest BCUT2D eigenvalue weighted by Gasteiger charge is -2.32. The van der Waals surface area contributed by atoms with E-state index in [2.05, 4.69) is 17.1 Å². The minimum Gasteiger partial charge on any atom is -0.363 e. The molecule has 1 aliphatic rings. The van der Waals surface area contributed by atoms with Crippen LogP contribution in [0.4, 0.5) is 5.82 Å². The first-order valence-corrected chi connectivity index (χ1v) is 7.44. The van der Waals surface area contributed by atoms with Crippen LogP contribution in [0.3, 0.4) is 0 Å². The molecule has 4 heteroatoms. The zero-order chi connectivity index (χ0) is 14.5. The maximum atomic E-state index is 11.5. The Morgan fingerprint density at radius 3 is 3.00 bits per heavy atom. The summed E-state index contributed by atoms with van der Waals surface area (Å²) in [5.41, 5.74) is 1.34. The molecular formula is C16H25N3O. The van der Waals surface area contributed by atoms with Crippen molar-refractivity contribution in [1.29, 1.82) is 0 Å². The molecule has 4 nitrogen and oxygen atoms in total. The molecule has 1 aromatic heterocycles. The Morgan fingerprint density at radius 1 is 1.50 bits per heavy atom. The minimum atomic E-state index is 0.216. The standard InChI is InChI=1S/C16H25N3O/c1-13(20)19-10-4-5-15(12-19)7-6-14-8-9-17-16(11-14)18(2)3/h8-9,11,15H,4-7,10,12H2,1-3H3/t15-/m0/s1. The number of likely N-dealkylation sites (tertiary alicyclic amines) is 1. The number of amides is 1. The van der Waals surface area contributed by atoms with Crippen molar-refractivity contribution >= 4 is 11.7 Å². The van der Waals surface area contributed by atoms with Gasteiger partial charge in [0.15, 0.2) is 0 Å². The molecule has 1 atom stereocenters. The highest BCUT2D eigenvalue weighted by molar-refractivity contribution is 5.73. The number of nitrogens with zero attached hydrogens (tertiary/aromatic N) is 3. The maximum absolute atomic E-state index is 11.5. The second-order valence-corrected chi connectivity index (χ2v) is 5.93. The molecule has 1 aliphatic heterocycles. The molecule has 0 radical (unpaired) electrons. The molecule has 0 N–H and O–H groups in total.